The van der Waals surface area contributed by atoms with E-state index in [2.05, 4.69) is 9.88 Å². The number of rotatable bonds is 6. The lowest BCUT2D eigenvalue weighted by molar-refractivity contribution is 0.311. The predicted octanol–water partition coefficient (Wildman–Crippen LogP) is -0.702. The standard InChI is InChI=1S/C7H18N4O3S/c1-4-5-9-15(13,14)11(3)6(2)7(8)10-12/h6,9,12H,4-5H2,1-3H3,(H2,8,10). The van der Waals surface area contributed by atoms with Crippen LogP contribution in [0.1, 0.15) is 20.3 Å². The van der Waals surface area contributed by atoms with Gasteiger partial charge in [-0.1, -0.05) is 12.1 Å². The second-order valence-corrected chi connectivity index (χ2v) is 4.93. The average Bonchev–Trinajstić information content (AvgIpc) is 2.23. The van der Waals surface area contributed by atoms with Crippen molar-refractivity contribution >= 4 is 16.0 Å². The Hall–Kier alpha value is -0.860. The highest BCUT2D eigenvalue weighted by atomic mass is 32.2. The molecule has 90 valence electrons. The van der Waals surface area contributed by atoms with Gasteiger partial charge in [0.25, 0.3) is 10.2 Å². The molecule has 0 rings (SSSR count). The molecule has 0 spiro atoms. The van der Waals surface area contributed by atoms with E-state index >= 15 is 0 Å². The van der Waals surface area contributed by atoms with E-state index in [1.165, 1.54) is 14.0 Å². The van der Waals surface area contributed by atoms with Gasteiger partial charge >= 0.3 is 0 Å². The summed E-state index contributed by atoms with van der Waals surface area (Å²) in [5, 5.41) is 11.2. The summed E-state index contributed by atoms with van der Waals surface area (Å²) >= 11 is 0. The van der Waals surface area contributed by atoms with Crippen molar-refractivity contribution in [2.75, 3.05) is 13.6 Å². The minimum Gasteiger partial charge on any atom is -0.409 e. The molecule has 0 amide bonds. The second kappa shape index (κ2) is 5.89. The van der Waals surface area contributed by atoms with Gasteiger partial charge < -0.3 is 10.9 Å². The molecule has 0 aromatic heterocycles. The first-order valence-corrected chi connectivity index (χ1v) is 6.00. The molecule has 0 aliphatic heterocycles. The molecular weight excluding hydrogens is 220 g/mol. The highest BCUT2D eigenvalue weighted by Crippen LogP contribution is 2.01. The number of hydrogen-bond donors (Lipinski definition) is 3. The molecule has 1 unspecified atom stereocenters. The topological polar surface area (TPSA) is 108 Å². The van der Waals surface area contributed by atoms with E-state index in [9.17, 15) is 8.42 Å². The molecule has 0 heterocycles. The SMILES string of the molecule is CCCNS(=O)(=O)N(C)C(C)C(N)=NO. The van der Waals surface area contributed by atoms with Gasteiger partial charge in [0.1, 0.15) is 0 Å². The Morgan fingerprint density at radius 1 is 1.67 bits per heavy atom. The Morgan fingerprint density at radius 3 is 2.60 bits per heavy atom. The van der Waals surface area contributed by atoms with E-state index in [1.807, 2.05) is 6.92 Å². The Bertz CT molecular complexity index is 314. The van der Waals surface area contributed by atoms with Crippen LogP contribution in [0.4, 0.5) is 0 Å². The zero-order valence-electron chi connectivity index (χ0n) is 9.14. The summed E-state index contributed by atoms with van der Waals surface area (Å²) in [7, 11) is -2.20. The van der Waals surface area contributed by atoms with Crippen molar-refractivity contribution < 1.29 is 13.6 Å². The van der Waals surface area contributed by atoms with E-state index in [1.54, 1.807) is 0 Å². The molecule has 0 saturated carbocycles. The van der Waals surface area contributed by atoms with Crippen LogP contribution in [0.15, 0.2) is 5.16 Å². The average molecular weight is 238 g/mol. The van der Waals surface area contributed by atoms with Crippen LogP contribution in [-0.4, -0.2) is 43.4 Å². The highest BCUT2D eigenvalue weighted by molar-refractivity contribution is 7.87. The first-order chi connectivity index (χ1) is 6.86. The number of oxime groups is 1. The van der Waals surface area contributed by atoms with Gasteiger partial charge in [0.15, 0.2) is 5.84 Å². The van der Waals surface area contributed by atoms with Crippen LogP contribution < -0.4 is 10.5 Å². The smallest absolute Gasteiger partial charge is 0.279 e. The summed E-state index contributed by atoms with van der Waals surface area (Å²) in [5.41, 5.74) is 5.31. The van der Waals surface area contributed by atoms with Crippen molar-refractivity contribution in [2.24, 2.45) is 10.9 Å². The molecule has 0 radical (unpaired) electrons. The molecule has 4 N–H and O–H groups in total. The van der Waals surface area contributed by atoms with Crippen molar-refractivity contribution in [3.05, 3.63) is 0 Å². The molecule has 7 nitrogen and oxygen atoms in total. The van der Waals surface area contributed by atoms with Crippen LogP contribution in [0.25, 0.3) is 0 Å². The molecule has 0 aliphatic rings. The van der Waals surface area contributed by atoms with Gasteiger partial charge in [-0.3, -0.25) is 0 Å². The first-order valence-electron chi connectivity index (χ1n) is 4.56. The van der Waals surface area contributed by atoms with Crippen molar-refractivity contribution in [2.45, 2.75) is 26.3 Å². The molecular formula is C7H18N4O3S. The molecule has 0 aromatic rings. The normalized spacial score (nSPS) is 15.6. The lowest BCUT2D eigenvalue weighted by atomic mass is 10.3. The lowest BCUT2D eigenvalue weighted by Gasteiger charge is -2.23. The first kappa shape index (κ1) is 14.1. The quantitative estimate of drug-likeness (QED) is 0.246. The van der Waals surface area contributed by atoms with E-state index in [0.717, 1.165) is 4.31 Å². The number of nitrogens with two attached hydrogens (primary N) is 1. The van der Waals surface area contributed by atoms with Gasteiger partial charge in [0.05, 0.1) is 6.04 Å². The third-order valence-corrected chi connectivity index (χ3v) is 3.65. The number of likely N-dealkylation sites (N-methyl/N-ethyl adjacent to an activating group) is 1. The largest absolute Gasteiger partial charge is 0.409 e. The summed E-state index contributed by atoms with van der Waals surface area (Å²) in [6.07, 6.45) is 0.699. The molecule has 0 fully saturated rings. The van der Waals surface area contributed by atoms with Crippen LogP contribution in [0.5, 0.6) is 0 Å². The van der Waals surface area contributed by atoms with Crippen molar-refractivity contribution in [3.63, 3.8) is 0 Å². The Kier molecular flexibility index (Phi) is 5.55. The van der Waals surface area contributed by atoms with Crippen molar-refractivity contribution in [1.29, 1.82) is 0 Å². The van der Waals surface area contributed by atoms with Gasteiger partial charge in [-0.05, 0) is 13.3 Å². The second-order valence-electron chi connectivity index (χ2n) is 3.12. The summed E-state index contributed by atoms with van der Waals surface area (Å²) < 4.78 is 26.5. The highest BCUT2D eigenvalue weighted by Gasteiger charge is 2.25. The molecule has 0 bridgehead atoms. The summed E-state index contributed by atoms with van der Waals surface area (Å²) in [4.78, 5) is 0. The number of nitrogens with one attached hydrogen (secondary N) is 1. The van der Waals surface area contributed by atoms with E-state index < -0.39 is 16.3 Å². The Morgan fingerprint density at radius 2 is 2.20 bits per heavy atom. The predicted molar refractivity (Wildman–Crippen MR) is 57.8 cm³/mol. The summed E-state index contributed by atoms with van der Waals surface area (Å²) in [6, 6.07) is -0.690. The van der Waals surface area contributed by atoms with Gasteiger partial charge in [-0.25, -0.2) is 4.72 Å². The Balaban J connectivity index is 4.62. The van der Waals surface area contributed by atoms with Crippen molar-refractivity contribution in [3.8, 4) is 0 Å². The maximum atomic E-state index is 11.6. The van der Waals surface area contributed by atoms with E-state index in [0.29, 0.717) is 13.0 Å². The third-order valence-electron chi connectivity index (χ3n) is 2.00. The van der Waals surface area contributed by atoms with Crippen LogP contribution >= 0.6 is 0 Å². The maximum absolute atomic E-state index is 11.6. The van der Waals surface area contributed by atoms with Crippen molar-refractivity contribution in [1.82, 2.24) is 9.03 Å². The fourth-order valence-electron chi connectivity index (χ4n) is 0.811. The number of nitrogens with zero attached hydrogens (tertiary/aromatic N) is 2. The number of amidine groups is 1. The monoisotopic (exact) mass is 238 g/mol. The lowest BCUT2D eigenvalue weighted by Crippen LogP contribution is -2.48. The molecule has 0 aliphatic carbocycles. The minimum absolute atomic E-state index is 0.153. The molecule has 15 heavy (non-hydrogen) atoms. The third kappa shape index (κ3) is 4.02. The van der Waals surface area contributed by atoms with E-state index in [-0.39, 0.29) is 5.84 Å². The summed E-state index contributed by atoms with van der Waals surface area (Å²) in [6.45, 7) is 3.74. The maximum Gasteiger partial charge on any atom is 0.279 e. The van der Waals surface area contributed by atoms with Gasteiger partial charge in [0.2, 0.25) is 0 Å². The van der Waals surface area contributed by atoms with Gasteiger partial charge in [-0.2, -0.15) is 12.7 Å². The number of hydrogen-bond acceptors (Lipinski definition) is 4. The molecule has 8 heteroatoms. The minimum atomic E-state index is -3.57. The molecule has 0 aromatic carbocycles. The fourth-order valence-corrected chi connectivity index (χ4v) is 2.00. The summed E-state index contributed by atoms with van der Waals surface area (Å²) in [5.74, 6) is -0.153. The fraction of sp³-hybridized carbons (Fsp3) is 0.857. The molecule has 1 atom stereocenters. The van der Waals surface area contributed by atoms with Crippen LogP contribution in [0, 0.1) is 0 Å². The zero-order valence-corrected chi connectivity index (χ0v) is 9.95. The van der Waals surface area contributed by atoms with Crippen LogP contribution in [0.2, 0.25) is 0 Å². The van der Waals surface area contributed by atoms with Crippen LogP contribution in [-0.2, 0) is 10.2 Å². The van der Waals surface area contributed by atoms with Gasteiger partial charge in [0, 0.05) is 13.6 Å². The Labute approximate surface area is 90.1 Å². The molecule has 0 saturated heterocycles. The van der Waals surface area contributed by atoms with E-state index in [4.69, 9.17) is 10.9 Å². The van der Waals surface area contributed by atoms with Gasteiger partial charge in [-0.15, -0.1) is 0 Å². The van der Waals surface area contributed by atoms with Crippen LogP contribution in [0.3, 0.4) is 0 Å². The zero-order chi connectivity index (χ0) is 12.1.